The third-order valence-electron chi connectivity index (χ3n) is 2.75. The van der Waals surface area contributed by atoms with Crippen molar-refractivity contribution in [1.29, 1.82) is 0 Å². The SMILES string of the molecule is Cc1ccc(C)c(C(N)COCC(F)(F)C(F)F)c1. The highest BCUT2D eigenvalue weighted by Gasteiger charge is 2.41. The Hall–Kier alpha value is -1.14. The Bertz CT molecular complexity index is 423. The molecular weight excluding hydrogens is 262 g/mol. The summed E-state index contributed by atoms with van der Waals surface area (Å²) in [7, 11) is 0. The number of hydrogen-bond donors (Lipinski definition) is 1. The molecule has 0 saturated carbocycles. The molecule has 0 aliphatic rings. The minimum absolute atomic E-state index is 0.230. The van der Waals surface area contributed by atoms with Crippen LogP contribution < -0.4 is 5.73 Å². The van der Waals surface area contributed by atoms with Crippen molar-refractivity contribution in [2.45, 2.75) is 32.2 Å². The van der Waals surface area contributed by atoms with Crippen LogP contribution in [0, 0.1) is 13.8 Å². The smallest absolute Gasteiger partial charge is 0.330 e. The van der Waals surface area contributed by atoms with E-state index >= 15 is 0 Å². The van der Waals surface area contributed by atoms with Gasteiger partial charge in [0.05, 0.1) is 12.6 Å². The Kier molecular flexibility index (Phi) is 5.31. The van der Waals surface area contributed by atoms with Gasteiger partial charge in [-0.25, -0.2) is 8.78 Å². The second kappa shape index (κ2) is 6.34. The quantitative estimate of drug-likeness (QED) is 0.811. The van der Waals surface area contributed by atoms with Crippen molar-refractivity contribution in [1.82, 2.24) is 0 Å². The fourth-order valence-corrected chi connectivity index (χ4v) is 1.63. The second-order valence-electron chi connectivity index (χ2n) is 4.54. The molecule has 0 fully saturated rings. The molecule has 0 bridgehead atoms. The molecule has 108 valence electrons. The summed E-state index contributed by atoms with van der Waals surface area (Å²) >= 11 is 0. The first-order chi connectivity index (χ1) is 8.74. The van der Waals surface area contributed by atoms with Gasteiger partial charge < -0.3 is 10.5 Å². The number of ether oxygens (including phenoxy) is 1. The van der Waals surface area contributed by atoms with Gasteiger partial charge in [0.25, 0.3) is 0 Å². The van der Waals surface area contributed by atoms with Gasteiger partial charge >= 0.3 is 12.3 Å². The molecule has 1 rings (SSSR count). The van der Waals surface area contributed by atoms with E-state index in [0.717, 1.165) is 16.7 Å². The number of nitrogens with two attached hydrogens (primary N) is 1. The van der Waals surface area contributed by atoms with E-state index in [0.29, 0.717) is 0 Å². The van der Waals surface area contributed by atoms with Crippen molar-refractivity contribution in [3.05, 3.63) is 34.9 Å². The van der Waals surface area contributed by atoms with E-state index in [-0.39, 0.29) is 6.61 Å². The maximum Gasteiger partial charge on any atom is 0.330 e. The van der Waals surface area contributed by atoms with E-state index in [9.17, 15) is 17.6 Å². The molecule has 19 heavy (non-hydrogen) atoms. The van der Waals surface area contributed by atoms with Gasteiger partial charge in [-0.15, -0.1) is 0 Å². The summed E-state index contributed by atoms with van der Waals surface area (Å²) in [5.74, 6) is -4.14. The lowest BCUT2D eigenvalue weighted by atomic mass is 10.00. The van der Waals surface area contributed by atoms with Gasteiger partial charge in [-0.3, -0.25) is 0 Å². The van der Waals surface area contributed by atoms with Gasteiger partial charge in [-0.2, -0.15) is 8.78 Å². The van der Waals surface area contributed by atoms with Gasteiger partial charge in [-0.05, 0) is 25.0 Å². The Morgan fingerprint density at radius 1 is 1.26 bits per heavy atom. The lowest BCUT2D eigenvalue weighted by Crippen LogP contribution is -2.33. The van der Waals surface area contributed by atoms with Gasteiger partial charge in [0.2, 0.25) is 0 Å². The normalized spacial score (nSPS) is 13.9. The molecule has 0 spiro atoms. The molecule has 0 aliphatic carbocycles. The van der Waals surface area contributed by atoms with Gasteiger partial charge in [0, 0.05) is 0 Å². The highest BCUT2D eigenvalue weighted by molar-refractivity contribution is 5.32. The lowest BCUT2D eigenvalue weighted by Gasteiger charge is -2.19. The monoisotopic (exact) mass is 279 g/mol. The predicted molar refractivity (Wildman–Crippen MR) is 64.6 cm³/mol. The molecule has 2 N–H and O–H groups in total. The second-order valence-corrected chi connectivity index (χ2v) is 4.54. The van der Waals surface area contributed by atoms with Crippen LogP contribution in [0.5, 0.6) is 0 Å². The lowest BCUT2D eigenvalue weighted by molar-refractivity contribution is -0.166. The van der Waals surface area contributed by atoms with Crippen LogP contribution >= 0.6 is 0 Å². The van der Waals surface area contributed by atoms with Crippen LogP contribution in [0.2, 0.25) is 0 Å². The average Bonchev–Trinajstić information content (AvgIpc) is 2.31. The largest absolute Gasteiger partial charge is 0.373 e. The topological polar surface area (TPSA) is 35.2 Å². The molecule has 6 heteroatoms. The first-order valence-corrected chi connectivity index (χ1v) is 5.80. The van der Waals surface area contributed by atoms with Crippen molar-refractivity contribution >= 4 is 0 Å². The summed E-state index contributed by atoms with van der Waals surface area (Å²) in [5, 5.41) is 0. The van der Waals surface area contributed by atoms with Crippen LogP contribution in [0.1, 0.15) is 22.7 Å². The summed E-state index contributed by atoms with van der Waals surface area (Å²) in [5.41, 5.74) is 8.46. The third kappa shape index (κ3) is 4.47. The van der Waals surface area contributed by atoms with Crippen molar-refractivity contribution in [3.8, 4) is 0 Å². The first kappa shape index (κ1) is 15.9. The zero-order valence-corrected chi connectivity index (χ0v) is 10.8. The summed E-state index contributed by atoms with van der Waals surface area (Å²) in [6, 6.07) is 4.97. The third-order valence-corrected chi connectivity index (χ3v) is 2.75. The minimum atomic E-state index is -4.14. The van der Waals surface area contributed by atoms with Crippen LogP contribution in [-0.2, 0) is 4.74 Å². The molecule has 1 atom stereocenters. The van der Waals surface area contributed by atoms with E-state index < -0.39 is 25.0 Å². The molecule has 1 unspecified atom stereocenters. The fourth-order valence-electron chi connectivity index (χ4n) is 1.63. The molecule has 0 radical (unpaired) electrons. The number of alkyl halides is 4. The molecule has 1 aromatic carbocycles. The standard InChI is InChI=1S/C13H17F4NO/c1-8-3-4-9(2)10(5-8)11(18)6-19-7-13(16,17)12(14)15/h3-5,11-12H,6-7,18H2,1-2H3. The summed E-state index contributed by atoms with van der Waals surface area (Å²) in [4.78, 5) is 0. The minimum Gasteiger partial charge on any atom is -0.373 e. The van der Waals surface area contributed by atoms with Crippen LogP contribution in [-0.4, -0.2) is 25.6 Å². The summed E-state index contributed by atoms with van der Waals surface area (Å²) in [6.07, 6.45) is -3.73. The summed E-state index contributed by atoms with van der Waals surface area (Å²) in [6.45, 7) is 2.15. The van der Waals surface area contributed by atoms with E-state index in [1.54, 1.807) is 0 Å². The Morgan fingerprint density at radius 3 is 2.47 bits per heavy atom. The van der Waals surface area contributed by atoms with E-state index in [1.807, 2.05) is 32.0 Å². The van der Waals surface area contributed by atoms with E-state index in [2.05, 4.69) is 4.74 Å². The molecule has 0 aromatic heterocycles. The van der Waals surface area contributed by atoms with E-state index in [1.165, 1.54) is 0 Å². The Labute approximate surface area is 109 Å². The van der Waals surface area contributed by atoms with Crippen LogP contribution in [0.4, 0.5) is 17.6 Å². The molecule has 2 nitrogen and oxygen atoms in total. The van der Waals surface area contributed by atoms with E-state index in [4.69, 9.17) is 5.73 Å². The summed E-state index contributed by atoms with van der Waals surface area (Å²) < 4.78 is 53.7. The van der Waals surface area contributed by atoms with Crippen LogP contribution in [0.25, 0.3) is 0 Å². The molecule has 0 heterocycles. The predicted octanol–water partition coefficient (Wildman–Crippen LogP) is 3.22. The maximum absolute atomic E-state index is 12.6. The molecule has 0 amide bonds. The van der Waals surface area contributed by atoms with Crippen molar-refractivity contribution < 1.29 is 22.3 Å². The van der Waals surface area contributed by atoms with Crippen molar-refractivity contribution in [2.75, 3.05) is 13.2 Å². The highest BCUT2D eigenvalue weighted by Crippen LogP contribution is 2.24. The zero-order valence-electron chi connectivity index (χ0n) is 10.8. The van der Waals surface area contributed by atoms with Crippen molar-refractivity contribution in [3.63, 3.8) is 0 Å². The average molecular weight is 279 g/mol. The van der Waals surface area contributed by atoms with Gasteiger partial charge in [-0.1, -0.05) is 23.8 Å². The van der Waals surface area contributed by atoms with Crippen LogP contribution in [0.3, 0.4) is 0 Å². The Balaban J connectivity index is 2.56. The number of rotatable bonds is 6. The number of halogens is 4. The van der Waals surface area contributed by atoms with Gasteiger partial charge in [0.15, 0.2) is 0 Å². The Morgan fingerprint density at radius 2 is 1.89 bits per heavy atom. The zero-order chi connectivity index (χ0) is 14.6. The maximum atomic E-state index is 12.6. The van der Waals surface area contributed by atoms with Crippen molar-refractivity contribution in [2.24, 2.45) is 5.73 Å². The van der Waals surface area contributed by atoms with Gasteiger partial charge in [0.1, 0.15) is 6.61 Å². The molecule has 0 aliphatic heterocycles. The molecule has 1 aromatic rings. The molecule has 0 saturated heterocycles. The number of benzene rings is 1. The highest BCUT2D eigenvalue weighted by atomic mass is 19.3. The molecular formula is C13H17F4NO. The number of hydrogen-bond acceptors (Lipinski definition) is 2. The fraction of sp³-hybridized carbons (Fsp3) is 0.538. The van der Waals surface area contributed by atoms with Crippen LogP contribution in [0.15, 0.2) is 18.2 Å². The number of aryl methyl sites for hydroxylation is 2. The first-order valence-electron chi connectivity index (χ1n) is 5.80.